The minimum Gasteiger partial charge on any atom is -0.481 e. The maximum Gasteiger partial charge on any atom is 0.303 e. The first-order chi connectivity index (χ1) is 8.54. The van der Waals surface area contributed by atoms with Crippen molar-refractivity contribution in [1.82, 2.24) is 4.90 Å². The smallest absolute Gasteiger partial charge is 0.303 e. The maximum absolute atomic E-state index is 10.8. The Hall–Kier alpha value is 0.0900. The van der Waals surface area contributed by atoms with Crippen LogP contribution in [0.3, 0.4) is 0 Å². The molecule has 6 heteroatoms. The van der Waals surface area contributed by atoms with Crippen molar-refractivity contribution in [2.24, 2.45) is 5.92 Å². The van der Waals surface area contributed by atoms with Gasteiger partial charge in [0.25, 0.3) is 0 Å². The van der Waals surface area contributed by atoms with Crippen molar-refractivity contribution in [3.8, 4) is 0 Å². The molecule has 1 aromatic rings. The Bertz CT molecular complexity index is 416. The molecule has 2 heterocycles. The fourth-order valence-electron chi connectivity index (χ4n) is 2.40. The molecule has 1 saturated heterocycles. The number of halogens is 2. The summed E-state index contributed by atoms with van der Waals surface area (Å²) < 4.78 is 2.22. The number of rotatable bonds is 4. The molecular formula is C12H15Br2NO2S. The van der Waals surface area contributed by atoms with Gasteiger partial charge in [0, 0.05) is 28.9 Å². The highest BCUT2D eigenvalue weighted by Gasteiger charge is 2.22. The van der Waals surface area contributed by atoms with Crippen molar-refractivity contribution < 1.29 is 9.90 Å². The zero-order valence-electron chi connectivity index (χ0n) is 9.86. The van der Waals surface area contributed by atoms with Crippen LogP contribution in [0.25, 0.3) is 0 Å². The molecule has 1 aromatic heterocycles. The third-order valence-corrected chi connectivity index (χ3v) is 6.38. The fourth-order valence-corrected chi connectivity index (χ4v) is 4.62. The summed E-state index contributed by atoms with van der Waals surface area (Å²) >= 11 is 8.73. The summed E-state index contributed by atoms with van der Waals surface area (Å²) in [6.45, 7) is 2.90. The van der Waals surface area contributed by atoms with Gasteiger partial charge in [-0.05, 0) is 63.2 Å². The van der Waals surface area contributed by atoms with Crippen LogP contribution in [0, 0.1) is 5.92 Å². The summed E-state index contributed by atoms with van der Waals surface area (Å²) in [6, 6.07) is 2.13. The summed E-state index contributed by atoms with van der Waals surface area (Å²) in [7, 11) is 0. The number of carboxylic acid groups (broad SMARTS) is 1. The highest BCUT2D eigenvalue weighted by atomic mass is 79.9. The number of piperidine rings is 1. The fraction of sp³-hybridized carbons (Fsp3) is 0.583. The minimum atomic E-state index is -0.677. The summed E-state index contributed by atoms with van der Waals surface area (Å²) in [5.41, 5.74) is 0. The van der Waals surface area contributed by atoms with Crippen molar-refractivity contribution in [3.63, 3.8) is 0 Å². The zero-order valence-corrected chi connectivity index (χ0v) is 13.9. The number of thiophene rings is 1. The van der Waals surface area contributed by atoms with Gasteiger partial charge in [-0.2, -0.15) is 0 Å². The van der Waals surface area contributed by atoms with E-state index in [1.165, 1.54) is 4.88 Å². The number of hydrogen-bond acceptors (Lipinski definition) is 3. The number of hydrogen-bond donors (Lipinski definition) is 1. The Morgan fingerprint density at radius 1 is 1.56 bits per heavy atom. The second-order valence-electron chi connectivity index (χ2n) is 4.68. The molecule has 1 unspecified atom stereocenters. The molecule has 1 aliphatic heterocycles. The molecule has 1 atom stereocenters. The Kier molecular flexibility index (Phi) is 5.24. The van der Waals surface area contributed by atoms with Crippen LogP contribution in [-0.2, 0) is 11.3 Å². The van der Waals surface area contributed by atoms with Crippen molar-refractivity contribution >= 4 is 49.2 Å². The number of nitrogens with zero attached hydrogens (tertiary/aromatic N) is 1. The first-order valence-corrected chi connectivity index (χ1v) is 8.32. The van der Waals surface area contributed by atoms with Crippen LogP contribution in [0.5, 0.6) is 0 Å². The molecule has 2 rings (SSSR count). The summed E-state index contributed by atoms with van der Waals surface area (Å²) in [6.07, 6.45) is 2.45. The van der Waals surface area contributed by atoms with E-state index in [0.717, 1.165) is 40.7 Å². The lowest BCUT2D eigenvalue weighted by molar-refractivity contribution is -0.138. The van der Waals surface area contributed by atoms with E-state index >= 15 is 0 Å². The third-order valence-electron chi connectivity index (χ3n) is 3.14. The first-order valence-electron chi connectivity index (χ1n) is 5.92. The molecule has 1 fully saturated rings. The van der Waals surface area contributed by atoms with E-state index in [1.54, 1.807) is 11.3 Å². The van der Waals surface area contributed by atoms with Gasteiger partial charge in [0.15, 0.2) is 0 Å². The molecule has 0 bridgehead atoms. The number of carboxylic acids is 1. The molecule has 18 heavy (non-hydrogen) atoms. The van der Waals surface area contributed by atoms with Crippen LogP contribution in [0.1, 0.15) is 24.1 Å². The minimum absolute atomic E-state index is 0.300. The van der Waals surface area contributed by atoms with Crippen LogP contribution < -0.4 is 0 Å². The van der Waals surface area contributed by atoms with E-state index in [-0.39, 0.29) is 0 Å². The Labute approximate surface area is 127 Å². The maximum atomic E-state index is 10.8. The van der Waals surface area contributed by atoms with E-state index in [1.807, 2.05) is 0 Å². The second-order valence-corrected chi connectivity index (χ2v) is 7.98. The van der Waals surface area contributed by atoms with Gasteiger partial charge in [0.1, 0.15) is 0 Å². The molecule has 1 aliphatic rings. The zero-order chi connectivity index (χ0) is 13.1. The number of likely N-dealkylation sites (tertiary alicyclic amines) is 1. The standard InChI is InChI=1S/C12H15Br2NO2S/c13-10-5-9(18-12(10)14)7-15-3-1-2-8(6-15)4-11(16)17/h5,8H,1-4,6-7H2,(H,16,17). The highest BCUT2D eigenvalue weighted by molar-refractivity contribution is 9.13. The van der Waals surface area contributed by atoms with Gasteiger partial charge >= 0.3 is 5.97 Å². The molecule has 1 N–H and O–H groups in total. The summed E-state index contributed by atoms with van der Waals surface area (Å²) in [5.74, 6) is -0.369. The van der Waals surface area contributed by atoms with Gasteiger partial charge in [-0.1, -0.05) is 0 Å². The quantitative estimate of drug-likeness (QED) is 0.837. The number of aliphatic carboxylic acids is 1. The van der Waals surface area contributed by atoms with Gasteiger partial charge in [-0.25, -0.2) is 0 Å². The number of carbonyl (C=O) groups is 1. The van der Waals surface area contributed by atoms with Crippen molar-refractivity contribution in [2.45, 2.75) is 25.8 Å². The lowest BCUT2D eigenvalue weighted by Crippen LogP contribution is -2.35. The van der Waals surface area contributed by atoms with E-state index in [0.29, 0.717) is 12.3 Å². The van der Waals surface area contributed by atoms with Gasteiger partial charge in [0.05, 0.1) is 3.79 Å². The van der Waals surface area contributed by atoms with Gasteiger partial charge in [0.2, 0.25) is 0 Å². The average molecular weight is 397 g/mol. The third kappa shape index (κ3) is 4.05. The van der Waals surface area contributed by atoms with Crippen molar-refractivity contribution in [1.29, 1.82) is 0 Å². The molecule has 0 aromatic carbocycles. The van der Waals surface area contributed by atoms with Crippen LogP contribution in [0.4, 0.5) is 0 Å². The lowest BCUT2D eigenvalue weighted by Gasteiger charge is -2.31. The van der Waals surface area contributed by atoms with Gasteiger partial charge in [-0.3, -0.25) is 9.69 Å². The van der Waals surface area contributed by atoms with E-state index < -0.39 is 5.97 Å². The predicted molar refractivity (Wildman–Crippen MR) is 80.0 cm³/mol. The lowest BCUT2D eigenvalue weighted by atomic mass is 9.95. The predicted octanol–water partition coefficient (Wildman–Crippen LogP) is 3.96. The largest absolute Gasteiger partial charge is 0.481 e. The van der Waals surface area contributed by atoms with E-state index in [9.17, 15) is 4.79 Å². The normalized spacial score (nSPS) is 21.1. The average Bonchev–Trinajstić information content (AvgIpc) is 2.57. The second kappa shape index (κ2) is 6.50. The SMILES string of the molecule is O=C(O)CC1CCCN(Cc2cc(Br)c(Br)s2)C1. The topological polar surface area (TPSA) is 40.5 Å². The molecule has 0 saturated carbocycles. The molecule has 3 nitrogen and oxygen atoms in total. The molecule has 0 amide bonds. The summed E-state index contributed by atoms with van der Waals surface area (Å²) in [5, 5.41) is 8.85. The Balaban J connectivity index is 1.91. The van der Waals surface area contributed by atoms with Crippen molar-refractivity contribution in [2.75, 3.05) is 13.1 Å². The monoisotopic (exact) mass is 395 g/mol. The Morgan fingerprint density at radius 3 is 2.94 bits per heavy atom. The van der Waals surface area contributed by atoms with E-state index in [4.69, 9.17) is 5.11 Å². The van der Waals surface area contributed by atoms with Crippen molar-refractivity contribution in [3.05, 3.63) is 19.2 Å². The molecule has 0 spiro atoms. The van der Waals surface area contributed by atoms with Crippen LogP contribution in [-0.4, -0.2) is 29.1 Å². The molecule has 0 aliphatic carbocycles. The molecule has 100 valence electrons. The van der Waals surface area contributed by atoms with Gasteiger partial charge in [-0.15, -0.1) is 11.3 Å². The van der Waals surface area contributed by atoms with Crippen LogP contribution in [0.15, 0.2) is 14.3 Å². The highest BCUT2D eigenvalue weighted by Crippen LogP contribution is 2.33. The first kappa shape index (κ1) is 14.5. The summed E-state index contributed by atoms with van der Waals surface area (Å²) in [4.78, 5) is 14.4. The van der Waals surface area contributed by atoms with Gasteiger partial charge < -0.3 is 5.11 Å². The molecular weight excluding hydrogens is 382 g/mol. The Morgan fingerprint density at radius 2 is 2.33 bits per heavy atom. The van der Waals surface area contributed by atoms with Crippen LogP contribution >= 0.6 is 43.2 Å². The molecule has 0 radical (unpaired) electrons. The van der Waals surface area contributed by atoms with Crippen LogP contribution in [0.2, 0.25) is 0 Å². The van der Waals surface area contributed by atoms with E-state index in [2.05, 4.69) is 42.8 Å².